The van der Waals surface area contributed by atoms with Gasteiger partial charge in [-0.05, 0) is 43.2 Å². The average molecular weight is 291 g/mol. The first-order valence-electron chi connectivity index (χ1n) is 8.10. The molecule has 0 saturated carbocycles. The third-order valence-electron chi connectivity index (χ3n) is 3.42. The third kappa shape index (κ3) is 4.83. The minimum Gasteiger partial charge on any atom is -0.462 e. The molecule has 0 aliphatic rings. The highest BCUT2D eigenvalue weighted by Gasteiger charge is 2.19. The smallest absolute Gasteiger partial charge is 0.339 e. The number of aromatic nitrogens is 1. The van der Waals surface area contributed by atoms with E-state index in [1.54, 1.807) is 0 Å². The molecule has 0 spiro atoms. The van der Waals surface area contributed by atoms with Crippen molar-refractivity contribution in [3.8, 4) is 0 Å². The van der Waals surface area contributed by atoms with Gasteiger partial charge >= 0.3 is 5.97 Å². The molecule has 0 unspecified atom stereocenters. The Kier molecular flexibility index (Phi) is 6.86. The Morgan fingerprint density at radius 1 is 1.19 bits per heavy atom. The zero-order valence-electron chi connectivity index (χ0n) is 14.3. The number of pyridine rings is 1. The summed E-state index contributed by atoms with van der Waals surface area (Å²) in [5.41, 5.74) is 3.84. The Bertz CT molecular complexity index is 478. The quantitative estimate of drug-likeness (QED) is 0.693. The molecule has 1 heterocycles. The number of aryl methyl sites for hydroxylation is 1. The van der Waals surface area contributed by atoms with Gasteiger partial charge in [0.15, 0.2) is 0 Å². The predicted octanol–water partition coefficient (Wildman–Crippen LogP) is 4.53. The van der Waals surface area contributed by atoms with Crippen LogP contribution in [-0.2, 0) is 17.6 Å². The molecule has 1 rings (SSSR count). The number of esters is 1. The number of hydrogen-bond acceptors (Lipinski definition) is 3. The van der Waals surface area contributed by atoms with Gasteiger partial charge in [-0.2, -0.15) is 0 Å². The second-order valence-electron chi connectivity index (χ2n) is 6.24. The van der Waals surface area contributed by atoms with Crippen molar-refractivity contribution in [2.45, 2.75) is 66.7 Å². The van der Waals surface area contributed by atoms with Gasteiger partial charge in [-0.15, -0.1) is 0 Å². The molecule has 21 heavy (non-hydrogen) atoms. The highest BCUT2D eigenvalue weighted by Crippen LogP contribution is 2.25. The number of nitrogens with zero attached hydrogens (tertiary/aromatic N) is 1. The molecule has 0 atom stereocenters. The highest BCUT2D eigenvalue weighted by molar-refractivity contribution is 5.91. The molecule has 0 radical (unpaired) electrons. The van der Waals surface area contributed by atoms with Crippen LogP contribution in [0.5, 0.6) is 0 Å². The molecule has 3 heteroatoms. The summed E-state index contributed by atoms with van der Waals surface area (Å²) in [4.78, 5) is 17.0. The SMILES string of the molecule is CCCc1nc(CC(C)C)c(C(C)C)cc1C(=O)OCC. The van der Waals surface area contributed by atoms with E-state index in [0.717, 1.165) is 30.7 Å². The van der Waals surface area contributed by atoms with E-state index in [4.69, 9.17) is 9.72 Å². The lowest BCUT2D eigenvalue weighted by atomic mass is 9.93. The Morgan fingerprint density at radius 3 is 2.33 bits per heavy atom. The zero-order chi connectivity index (χ0) is 16.0. The average Bonchev–Trinajstić information content (AvgIpc) is 2.38. The molecule has 0 saturated heterocycles. The van der Waals surface area contributed by atoms with Crippen LogP contribution in [0.25, 0.3) is 0 Å². The first-order chi connectivity index (χ1) is 9.90. The number of carbonyl (C=O) groups is 1. The normalized spacial score (nSPS) is 11.2. The summed E-state index contributed by atoms with van der Waals surface area (Å²) < 4.78 is 5.19. The molecule has 0 aliphatic heterocycles. The van der Waals surface area contributed by atoms with E-state index in [9.17, 15) is 4.79 Å². The van der Waals surface area contributed by atoms with Gasteiger partial charge in [0.2, 0.25) is 0 Å². The first-order valence-corrected chi connectivity index (χ1v) is 8.10. The van der Waals surface area contributed by atoms with Gasteiger partial charge in [0.05, 0.1) is 17.9 Å². The lowest BCUT2D eigenvalue weighted by Crippen LogP contribution is -2.14. The maximum absolute atomic E-state index is 12.2. The summed E-state index contributed by atoms with van der Waals surface area (Å²) in [7, 11) is 0. The Morgan fingerprint density at radius 2 is 1.86 bits per heavy atom. The molecule has 1 aromatic rings. The van der Waals surface area contributed by atoms with Crippen molar-refractivity contribution >= 4 is 5.97 Å². The standard InChI is InChI=1S/C18H29NO2/c1-7-9-16-15(18(20)21-8-2)11-14(13(5)6)17(19-16)10-12(3)4/h11-13H,7-10H2,1-6H3. The van der Waals surface area contributed by atoms with E-state index in [1.165, 1.54) is 5.56 Å². The van der Waals surface area contributed by atoms with Gasteiger partial charge in [0, 0.05) is 5.69 Å². The second-order valence-corrected chi connectivity index (χ2v) is 6.24. The van der Waals surface area contributed by atoms with Crippen LogP contribution < -0.4 is 0 Å². The Labute approximate surface area is 129 Å². The molecule has 0 bridgehead atoms. The molecule has 0 fully saturated rings. The van der Waals surface area contributed by atoms with Gasteiger partial charge in [-0.1, -0.05) is 41.0 Å². The van der Waals surface area contributed by atoms with E-state index >= 15 is 0 Å². The monoisotopic (exact) mass is 291 g/mol. The lowest BCUT2D eigenvalue weighted by Gasteiger charge is -2.18. The van der Waals surface area contributed by atoms with Gasteiger partial charge in [-0.3, -0.25) is 4.98 Å². The van der Waals surface area contributed by atoms with Crippen LogP contribution in [0, 0.1) is 5.92 Å². The van der Waals surface area contributed by atoms with Crippen molar-refractivity contribution in [3.05, 3.63) is 28.6 Å². The summed E-state index contributed by atoms with van der Waals surface area (Å²) in [5.74, 6) is 0.666. The molecule has 0 N–H and O–H groups in total. The van der Waals surface area contributed by atoms with Crippen LogP contribution in [-0.4, -0.2) is 17.6 Å². The maximum Gasteiger partial charge on any atom is 0.339 e. The van der Waals surface area contributed by atoms with Crippen molar-refractivity contribution in [2.24, 2.45) is 5.92 Å². The van der Waals surface area contributed by atoms with Crippen molar-refractivity contribution in [2.75, 3.05) is 6.61 Å². The zero-order valence-corrected chi connectivity index (χ0v) is 14.3. The Hall–Kier alpha value is -1.38. The number of ether oxygens (including phenoxy) is 1. The van der Waals surface area contributed by atoms with Crippen LogP contribution in [0.4, 0.5) is 0 Å². The van der Waals surface area contributed by atoms with Gasteiger partial charge in [0.1, 0.15) is 0 Å². The van der Waals surface area contributed by atoms with E-state index < -0.39 is 0 Å². The molecule has 3 nitrogen and oxygen atoms in total. The minimum atomic E-state index is -0.244. The molecule has 1 aromatic heterocycles. The molecule has 0 amide bonds. The van der Waals surface area contributed by atoms with Gasteiger partial charge in [0.25, 0.3) is 0 Å². The molecule has 0 aliphatic carbocycles. The fourth-order valence-corrected chi connectivity index (χ4v) is 2.47. The summed E-state index contributed by atoms with van der Waals surface area (Å²) in [6.45, 7) is 13.0. The first kappa shape index (κ1) is 17.7. The molecule has 118 valence electrons. The van der Waals surface area contributed by atoms with Crippen LogP contribution in [0.3, 0.4) is 0 Å². The third-order valence-corrected chi connectivity index (χ3v) is 3.42. The Balaban J connectivity index is 3.35. The van der Waals surface area contributed by atoms with Crippen LogP contribution in [0.1, 0.15) is 81.2 Å². The maximum atomic E-state index is 12.2. The van der Waals surface area contributed by atoms with Crippen LogP contribution in [0.15, 0.2) is 6.07 Å². The van der Waals surface area contributed by atoms with Gasteiger partial charge < -0.3 is 4.74 Å². The molecular weight excluding hydrogens is 262 g/mol. The lowest BCUT2D eigenvalue weighted by molar-refractivity contribution is 0.0524. The topological polar surface area (TPSA) is 39.2 Å². The number of carbonyl (C=O) groups excluding carboxylic acids is 1. The van der Waals surface area contributed by atoms with E-state index in [-0.39, 0.29) is 5.97 Å². The fraction of sp³-hybridized carbons (Fsp3) is 0.667. The van der Waals surface area contributed by atoms with Crippen molar-refractivity contribution in [3.63, 3.8) is 0 Å². The van der Waals surface area contributed by atoms with E-state index in [0.29, 0.717) is 24.0 Å². The van der Waals surface area contributed by atoms with Crippen molar-refractivity contribution < 1.29 is 9.53 Å². The van der Waals surface area contributed by atoms with E-state index in [2.05, 4.69) is 34.6 Å². The highest BCUT2D eigenvalue weighted by atomic mass is 16.5. The fourth-order valence-electron chi connectivity index (χ4n) is 2.47. The van der Waals surface area contributed by atoms with Crippen molar-refractivity contribution in [1.29, 1.82) is 0 Å². The minimum absolute atomic E-state index is 0.244. The summed E-state index contributed by atoms with van der Waals surface area (Å²) in [6.07, 6.45) is 2.74. The van der Waals surface area contributed by atoms with Crippen LogP contribution >= 0.6 is 0 Å². The largest absolute Gasteiger partial charge is 0.462 e. The number of rotatable bonds is 7. The van der Waals surface area contributed by atoms with Crippen molar-refractivity contribution in [1.82, 2.24) is 4.98 Å². The molecular formula is C18H29NO2. The summed E-state index contributed by atoms with van der Waals surface area (Å²) in [6, 6.07) is 2.01. The second kappa shape index (κ2) is 8.16. The summed E-state index contributed by atoms with van der Waals surface area (Å²) in [5, 5.41) is 0. The summed E-state index contributed by atoms with van der Waals surface area (Å²) >= 11 is 0. The van der Waals surface area contributed by atoms with Gasteiger partial charge in [-0.25, -0.2) is 4.79 Å². The van der Waals surface area contributed by atoms with E-state index in [1.807, 2.05) is 13.0 Å². The predicted molar refractivity (Wildman–Crippen MR) is 86.8 cm³/mol. The molecule has 0 aromatic carbocycles. The number of hydrogen-bond donors (Lipinski definition) is 0. The van der Waals surface area contributed by atoms with Crippen LogP contribution in [0.2, 0.25) is 0 Å².